The lowest BCUT2D eigenvalue weighted by Crippen LogP contribution is -2.28. The normalized spacial score (nSPS) is 13.5. The number of unbranched alkanes of at least 4 members (excludes halogenated alkanes) is 1. The topological polar surface area (TPSA) is 15.3 Å². The summed E-state index contributed by atoms with van der Waals surface area (Å²) < 4.78 is 0. The summed E-state index contributed by atoms with van der Waals surface area (Å²) in [7, 11) is 2.20. The number of thiophene rings is 1. The number of hydrogen-bond acceptors (Lipinski definition) is 3. The van der Waals surface area contributed by atoms with Crippen molar-refractivity contribution in [3.05, 3.63) is 22.4 Å². The predicted molar refractivity (Wildman–Crippen MR) is 77.7 cm³/mol. The molecule has 0 fully saturated rings. The Hall–Kier alpha value is -0.380. The molecule has 1 unspecified atom stereocenters. The number of nitrogens with zero attached hydrogens (tertiary/aromatic N) is 1. The second kappa shape index (κ2) is 7.85. The molecule has 2 nitrogen and oxygen atoms in total. The van der Waals surface area contributed by atoms with Crippen LogP contribution in [-0.2, 0) is 0 Å². The van der Waals surface area contributed by atoms with Crippen LogP contribution in [0.3, 0.4) is 0 Å². The molecule has 98 valence electrons. The first kappa shape index (κ1) is 14.7. The van der Waals surface area contributed by atoms with E-state index in [0.29, 0.717) is 12.1 Å². The van der Waals surface area contributed by atoms with E-state index in [1.165, 1.54) is 24.9 Å². The van der Waals surface area contributed by atoms with Crippen LogP contribution in [0, 0.1) is 0 Å². The van der Waals surface area contributed by atoms with Gasteiger partial charge in [0.25, 0.3) is 0 Å². The van der Waals surface area contributed by atoms with Crippen molar-refractivity contribution in [1.29, 1.82) is 0 Å². The second-order valence-electron chi connectivity index (χ2n) is 5.01. The zero-order valence-corrected chi connectivity index (χ0v) is 12.4. The van der Waals surface area contributed by atoms with Gasteiger partial charge in [-0.15, -0.1) is 0 Å². The van der Waals surface area contributed by atoms with Gasteiger partial charge < -0.3 is 10.2 Å². The maximum Gasteiger partial charge on any atom is 0.0300 e. The molecule has 1 N–H and O–H groups in total. The van der Waals surface area contributed by atoms with Crippen LogP contribution in [0.5, 0.6) is 0 Å². The molecule has 0 amide bonds. The van der Waals surface area contributed by atoms with E-state index in [1.54, 1.807) is 11.3 Å². The zero-order valence-electron chi connectivity index (χ0n) is 11.6. The highest BCUT2D eigenvalue weighted by atomic mass is 32.1. The van der Waals surface area contributed by atoms with Gasteiger partial charge in [0, 0.05) is 12.1 Å². The molecule has 1 aromatic heterocycles. The van der Waals surface area contributed by atoms with Gasteiger partial charge in [-0.3, -0.25) is 0 Å². The third-order valence-corrected chi connectivity index (χ3v) is 4.01. The van der Waals surface area contributed by atoms with E-state index in [1.807, 2.05) is 0 Å². The fraction of sp³-hybridized carbons (Fsp3) is 0.714. The van der Waals surface area contributed by atoms with Gasteiger partial charge in [-0.25, -0.2) is 0 Å². The quantitative estimate of drug-likeness (QED) is 0.714. The van der Waals surface area contributed by atoms with Crippen LogP contribution in [0.4, 0.5) is 0 Å². The maximum absolute atomic E-state index is 3.58. The zero-order chi connectivity index (χ0) is 12.7. The molecule has 1 rings (SSSR count). The van der Waals surface area contributed by atoms with Crippen LogP contribution >= 0.6 is 11.3 Å². The summed E-state index contributed by atoms with van der Waals surface area (Å²) in [6.07, 6.45) is 2.53. The Morgan fingerprint density at radius 1 is 1.29 bits per heavy atom. The van der Waals surface area contributed by atoms with Crippen molar-refractivity contribution in [3.8, 4) is 0 Å². The molecule has 0 saturated carbocycles. The first-order valence-corrected chi connectivity index (χ1v) is 7.51. The summed E-state index contributed by atoms with van der Waals surface area (Å²) in [5.41, 5.74) is 1.41. The van der Waals surface area contributed by atoms with Crippen molar-refractivity contribution in [3.63, 3.8) is 0 Å². The molecule has 1 atom stereocenters. The summed E-state index contributed by atoms with van der Waals surface area (Å²) in [6, 6.07) is 3.35. The lowest BCUT2D eigenvalue weighted by molar-refractivity contribution is 0.267. The smallest absolute Gasteiger partial charge is 0.0300 e. The highest BCUT2D eigenvalue weighted by molar-refractivity contribution is 7.07. The Morgan fingerprint density at radius 3 is 2.65 bits per heavy atom. The van der Waals surface area contributed by atoms with Crippen molar-refractivity contribution >= 4 is 11.3 Å². The van der Waals surface area contributed by atoms with Crippen LogP contribution in [0.2, 0.25) is 0 Å². The fourth-order valence-corrected chi connectivity index (χ4v) is 2.46. The fourth-order valence-electron chi connectivity index (χ4n) is 1.70. The van der Waals surface area contributed by atoms with Crippen molar-refractivity contribution in [2.24, 2.45) is 0 Å². The maximum atomic E-state index is 3.58. The first-order chi connectivity index (χ1) is 8.11. The summed E-state index contributed by atoms with van der Waals surface area (Å²) in [5.74, 6) is 0. The lowest BCUT2D eigenvalue weighted by Gasteiger charge is -2.21. The van der Waals surface area contributed by atoms with Gasteiger partial charge >= 0.3 is 0 Å². The van der Waals surface area contributed by atoms with Crippen molar-refractivity contribution in [1.82, 2.24) is 10.2 Å². The minimum absolute atomic E-state index is 0.490. The Kier molecular flexibility index (Phi) is 6.78. The van der Waals surface area contributed by atoms with Crippen molar-refractivity contribution in [2.45, 2.75) is 45.7 Å². The van der Waals surface area contributed by atoms with Crippen molar-refractivity contribution in [2.75, 3.05) is 20.1 Å². The largest absolute Gasteiger partial charge is 0.310 e. The third kappa shape index (κ3) is 5.66. The molecule has 0 aliphatic carbocycles. The molecule has 1 aromatic rings. The molecule has 0 aromatic carbocycles. The Bertz CT molecular complexity index is 282. The van der Waals surface area contributed by atoms with Crippen LogP contribution in [-0.4, -0.2) is 31.1 Å². The van der Waals surface area contributed by atoms with E-state index in [0.717, 1.165) is 6.54 Å². The molecule has 0 aliphatic rings. The Morgan fingerprint density at radius 2 is 2.06 bits per heavy atom. The number of nitrogens with one attached hydrogen (secondary N) is 1. The lowest BCUT2D eigenvalue weighted by atomic mass is 10.2. The van der Waals surface area contributed by atoms with Gasteiger partial charge in [0.15, 0.2) is 0 Å². The van der Waals surface area contributed by atoms with Crippen LogP contribution in [0.1, 0.15) is 45.2 Å². The van der Waals surface area contributed by atoms with E-state index < -0.39 is 0 Å². The molecular weight excluding hydrogens is 228 g/mol. The second-order valence-corrected chi connectivity index (χ2v) is 5.79. The molecule has 0 saturated heterocycles. The summed E-state index contributed by atoms with van der Waals surface area (Å²) >= 11 is 1.77. The SMILES string of the molecule is CC(NCCCCN(C)C(C)C)c1ccsc1. The molecular formula is C14H26N2S. The number of rotatable bonds is 8. The van der Waals surface area contributed by atoms with Gasteiger partial charge in [-0.2, -0.15) is 11.3 Å². The highest BCUT2D eigenvalue weighted by Gasteiger charge is 2.05. The van der Waals surface area contributed by atoms with Crippen LogP contribution < -0.4 is 5.32 Å². The molecule has 0 radical (unpaired) electrons. The van der Waals surface area contributed by atoms with Crippen LogP contribution in [0.15, 0.2) is 16.8 Å². The summed E-state index contributed by atoms with van der Waals surface area (Å²) in [6.45, 7) is 9.05. The van der Waals surface area contributed by atoms with Gasteiger partial charge in [0.1, 0.15) is 0 Å². The molecule has 3 heteroatoms. The minimum atomic E-state index is 0.490. The summed E-state index contributed by atoms with van der Waals surface area (Å²) in [5, 5.41) is 7.95. The minimum Gasteiger partial charge on any atom is -0.310 e. The van der Waals surface area contributed by atoms with Gasteiger partial charge in [-0.05, 0) is 76.1 Å². The number of hydrogen-bond donors (Lipinski definition) is 1. The third-order valence-electron chi connectivity index (χ3n) is 3.31. The molecule has 0 bridgehead atoms. The van der Waals surface area contributed by atoms with Gasteiger partial charge in [0.05, 0.1) is 0 Å². The average molecular weight is 254 g/mol. The van der Waals surface area contributed by atoms with Gasteiger partial charge in [-0.1, -0.05) is 0 Å². The molecule has 0 aliphatic heterocycles. The Labute approximate surface area is 110 Å². The van der Waals surface area contributed by atoms with E-state index in [9.17, 15) is 0 Å². The summed E-state index contributed by atoms with van der Waals surface area (Å²) in [4.78, 5) is 2.41. The van der Waals surface area contributed by atoms with E-state index in [4.69, 9.17) is 0 Å². The molecule has 17 heavy (non-hydrogen) atoms. The van der Waals surface area contributed by atoms with E-state index in [2.05, 4.69) is 54.9 Å². The Balaban J connectivity index is 2.05. The highest BCUT2D eigenvalue weighted by Crippen LogP contribution is 2.15. The van der Waals surface area contributed by atoms with E-state index in [-0.39, 0.29) is 0 Å². The molecule has 0 spiro atoms. The first-order valence-electron chi connectivity index (χ1n) is 6.57. The van der Waals surface area contributed by atoms with Crippen molar-refractivity contribution < 1.29 is 0 Å². The standard InChI is InChI=1S/C14H26N2S/c1-12(2)16(4)9-6-5-8-15-13(3)14-7-10-17-11-14/h7,10-13,15H,5-6,8-9H2,1-4H3. The van der Waals surface area contributed by atoms with Crippen LogP contribution in [0.25, 0.3) is 0 Å². The predicted octanol–water partition coefficient (Wildman–Crippen LogP) is 3.52. The molecule has 1 heterocycles. The monoisotopic (exact) mass is 254 g/mol. The average Bonchev–Trinajstić information content (AvgIpc) is 2.81. The van der Waals surface area contributed by atoms with E-state index >= 15 is 0 Å². The van der Waals surface area contributed by atoms with Gasteiger partial charge in [0.2, 0.25) is 0 Å².